The van der Waals surface area contributed by atoms with E-state index in [0.717, 1.165) is 0 Å². The Bertz CT molecular complexity index is 932. The van der Waals surface area contributed by atoms with Crippen LogP contribution in [0.15, 0.2) is 55.1 Å². The summed E-state index contributed by atoms with van der Waals surface area (Å²) in [5, 5.41) is 10.6. The molecular weight excluding hydrogens is 318 g/mol. The molecule has 1 aliphatic rings. The fraction of sp³-hybridized carbons (Fsp3) is 0.167. The molecule has 1 amide bonds. The number of nitrogens with zero attached hydrogens (tertiary/aromatic N) is 5. The number of rotatable bonds is 3. The molecule has 0 spiro atoms. The van der Waals surface area contributed by atoms with Crippen molar-refractivity contribution < 1.29 is 9.90 Å². The Balaban J connectivity index is 1.76. The Morgan fingerprint density at radius 2 is 1.72 bits per heavy atom. The Kier molecular flexibility index (Phi) is 3.70. The lowest BCUT2D eigenvalue weighted by molar-refractivity contribution is -0.00105. The maximum absolute atomic E-state index is 12.8. The van der Waals surface area contributed by atoms with Crippen molar-refractivity contribution in [3.8, 4) is 11.5 Å². The molecule has 3 heterocycles. The molecule has 124 valence electrons. The van der Waals surface area contributed by atoms with Gasteiger partial charge in [-0.2, -0.15) is 0 Å². The third-order valence-corrected chi connectivity index (χ3v) is 4.28. The molecule has 0 fully saturated rings. The molecule has 25 heavy (non-hydrogen) atoms. The van der Waals surface area contributed by atoms with Crippen molar-refractivity contribution in [3.05, 3.63) is 71.9 Å². The van der Waals surface area contributed by atoms with E-state index >= 15 is 0 Å². The van der Waals surface area contributed by atoms with Crippen molar-refractivity contribution in [3.63, 3.8) is 0 Å². The maximum atomic E-state index is 12.8. The van der Waals surface area contributed by atoms with E-state index in [1.807, 2.05) is 6.92 Å². The van der Waals surface area contributed by atoms with Crippen LogP contribution in [0.25, 0.3) is 11.5 Å². The third kappa shape index (κ3) is 2.45. The summed E-state index contributed by atoms with van der Waals surface area (Å²) < 4.78 is 0. The highest BCUT2D eigenvalue weighted by atomic mass is 16.3. The summed E-state index contributed by atoms with van der Waals surface area (Å²) >= 11 is 0. The van der Waals surface area contributed by atoms with Gasteiger partial charge in [0.1, 0.15) is 5.69 Å². The second-order valence-electron chi connectivity index (χ2n) is 5.71. The quantitative estimate of drug-likeness (QED) is 0.789. The molecular formula is C18H15N5O2. The topological polar surface area (TPSA) is 92.1 Å². The number of fused-ring (bicyclic) bond motifs is 1. The zero-order chi connectivity index (χ0) is 17.4. The standard InChI is InChI=1S/C18H15N5O2/c1-11(23-17(24)12-5-2-3-6-13(12)18(23)25)14-15(20-10-9-19-14)16-21-7-4-8-22-16/h2-11,17,24H,1H3. The average molecular weight is 333 g/mol. The first-order valence-electron chi connectivity index (χ1n) is 7.86. The highest BCUT2D eigenvalue weighted by Gasteiger charge is 2.39. The van der Waals surface area contributed by atoms with Crippen LogP contribution in [0.4, 0.5) is 0 Å². The largest absolute Gasteiger partial charge is 0.369 e. The maximum Gasteiger partial charge on any atom is 0.257 e. The number of carbonyl (C=O) groups excluding carboxylic acids is 1. The van der Waals surface area contributed by atoms with Gasteiger partial charge in [-0.3, -0.25) is 9.78 Å². The predicted octanol–water partition coefficient (Wildman–Crippen LogP) is 2.14. The second-order valence-corrected chi connectivity index (χ2v) is 5.71. The van der Waals surface area contributed by atoms with E-state index in [2.05, 4.69) is 19.9 Å². The Labute approximate surface area is 144 Å². The van der Waals surface area contributed by atoms with Gasteiger partial charge >= 0.3 is 0 Å². The molecule has 0 aliphatic carbocycles. The lowest BCUT2D eigenvalue weighted by atomic mass is 10.1. The number of aliphatic hydroxyl groups excluding tert-OH is 1. The average Bonchev–Trinajstić information content (AvgIpc) is 2.93. The zero-order valence-corrected chi connectivity index (χ0v) is 13.4. The van der Waals surface area contributed by atoms with Gasteiger partial charge in [-0.25, -0.2) is 15.0 Å². The molecule has 2 atom stereocenters. The molecule has 0 saturated heterocycles. The molecule has 2 aromatic heterocycles. The molecule has 0 bridgehead atoms. The van der Waals surface area contributed by atoms with Crippen LogP contribution in [0, 0.1) is 0 Å². The van der Waals surface area contributed by atoms with E-state index in [9.17, 15) is 9.90 Å². The van der Waals surface area contributed by atoms with E-state index in [1.54, 1.807) is 55.1 Å². The fourth-order valence-corrected chi connectivity index (χ4v) is 3.08. The van der Waals surface area contributed by atoms with Crippen molar-refractivity contribution in [1.29, 1.82) is 0 Å². The molecule has 2 unspecified atom stereocenters. The van der Waals surface area contributed by atoms with Crippen molar-refractivity contribution in [2.75, 3.05) is 0 Å². The van der Waals surface area contributed by atoms with Crippen LogP contribution in [0.2, 0.25) is 0 Å². The number of hydrogen-bond donors (Lipinski definition) is 1. The minimum Gasteiger partial charge on any atom is -0.369 e. The van der Waals surface area contributed by atoms with E-state index in [1.165, 1.54) is 4.90 Å². The van der Waals surface area contributed by atoms with Crippen LogP contribution in [0.1, 0.15) is 40.8 Å². The smallest absolute Gasteiger partial charge is 0.257 e. The van der Waals surface area contributed by atoms with Crippen molar-refractivity contribution >= 4 is 5.91 Å². The molecule has 1 N–H and O–H groups in total. The van der Waals surface area contributed by atoms with Crippen LogP contribution in [-0.4, -0.2) is 35.8 Å². The van der Waals surface area contributed by atoms with Gasteiger partial charge in [0.2, 0.25) is 0 Å². The first-order valence-corrected chi connectivity index (χ1v) is 7.86. The number of amides is 1. The SMILES string of the molecule is CC(c1nccnc1-c1ncccn1)N1C(=O)c2ccccc2C1O. The Morgan fingerprint density at radius 3 is 2.48 bits per heavy atom. The first-order chi connectivity index (χ1) is 12.2. The van der Waals surface area contributed by atoms with Gasteiger partial charge in [-0.05, 0) is 19.1 Å². The van der Waals surface area contributed by atoms with Gasteiger partial charge in [0.05, 0.1) is 11.7 Å². The van der Waals surface area contributed by atoms with Crippen molar-refractivity contribution in [2.45, 2.75) is 19.2 Å². The van der Waals surface area contributed by atoms with E-state index in [4.69, 9.17) is 0 Å². The van der Waals surface area contributed by atoms with Crippen LogP contribution < -0.4 is 0 Å². The van der Waals surface area contributed by atoms with Crippen LogP contribution >= 0.6 is 0 Å². The summed E-state index contributed by atoms with van der Waals surface area (Å²) in [5.41, 5.74) is 2.13. The van der Waals surface area contributed by atoms with E-state index < -0.39 is 12.3 Å². The van der Waals surface area contributed by atoms with Gasteiger partial charge in [0, 0.05) is 35.9 Å². The summed E-state index contributed by atoms with van der Waals surface area (Å²) in [6, 6.07) is 8.27. The molecule has 7 heteroatoms. The van der Waals surface area contributed by atoms with Crippen LogP contribution in [0.3, 0.4) is 0 Å². The third-order valence-electron chi connectivity index (χ3n) is 4.28. The summed E-state index contributed by atoms with van der Waals surface area (Å²) in [5.74, 6) is 0.192. The normalized spacial score (nSPS) is 17.4. The number of carbonyl (C=O) groups is 1. The van der Waals surface area contributed by atoms with Gasteiger partial charge in [-0.15, -0.1) is 0 Å². The van der Waals surface area contributed by atoms with Crippen molar-refractivity contribution in [2.24, 2.45) is 0 Å². The minimum absolute atomic E-state index is 0.235. The van der Waals surface area contributed by atoms with Crippen molar-refractivity contribution in [1.82, 2.24) is 24.8 Å². The van der Waals surface area contributed by atoms with Gasteiger partial charge < -0.3 is 10.0 Å². The highest BCUT2D eigenvalue weighted by molar-refractivity contribution is 5.99. The molecule has 4 rings (SSSR count). The molecule has 1 aromatic carbocycles. The number of aliphatic hydroxyl groups is 1. The Hall–Kier alpha value is -3.19. The Morgan fingerprint density at radius 1 is 1.00 bits per heavy atom. The molecule has 1 aliphatic heterocycles. The monoisotopic (exact) mass is 333 g/mol. The summed E-state index contributed by atoms with van der Waals surface area (Å²) in [6.45, 7) is 1.81. The van der Waals surface area contributed by atoms with Gasteiger partial charge in [0.25, 0.3) is 5.91 Å². The van der Waals surface area contributed by atoms with E-state index in [0.29, 0.717) is 28.3 Å². The summed E-state index contributed by atoms with van der Waals surface area (Å²) in [6.07, 6.45) is 5.33. The van der Waals surface area contributed by atoms with Crippen LogP contribution in [0.5, 0.6) is 0 Å². The van der Waals surface area contributed by atoms with E-state index in [-0.39, 0.29) is 5.91 Å². The first kappa shape index (κ1) is 15.3. The lowest BCUT2D eigenvalue weighted by Crippen LogP contribution is -2.32. The number of hydrogen-bond acceptors (Lipinski definition) is 6. The number of benzene rings is 1. The van der Waals surface area contributed by atoms with Gasteiger partial charge in [0.15, 0.2) is 12.1 Å². The second kappa shape index (κ2) is 6.03. The molecule has 0 saturated carbocycles. The number of aromatic nitrogens is 4. The minimum atomic E-state index is -1.02. The predicted molar refractivity (Wildman–Crippen MR) is 89.0 cm³/mol. The highest BCUT2D eigenvalue weighted by Crippen LogP contribution is 2.38. The molecule has 7 nitrogen and oxygen atoms in total. The summed E-state index contributed by atoms with van der Waals surface area (Å²) in [7, 11) is 0. The van der Waals surface area contributed by atoms with Crippen LogP contribution in [-0.2, 0) is 0 Å². The fourth-order valence-electron chi connectivity index (χ4n) is 3.08. The van der Waals surface area contributed by atoms with Gasteiger partial charge in [-0.1, -0.05) is 18.2 Å². The lowest BCUT2D eigenvalue weighted by Gasteiger charge is -2.28. The summed E-state index contributed by atoms with van der Waals surface area (Å²) in [4.78, 5) is 31.3. The molecule has 0 radical (unpaired) electrons. The molecule has 3 aromatic rings. The zero-order valence-electron chi connectivity index (χ0n) is 13.4.